The molecule has 2 aromatic carbocycles. The van der Waals surface area contributed by atoms with Gasteiger partial charge in [0.2, 0.25) is 0 Å². The molecule has 1 unspecified atom stereocenters. The van der Waals surface area contributed by atoms with Gasteiger partial charge in [0.15, 0.2) is 0 Å². The standard InChI is InChI=1S/C19H22FN3O3S.ClH/c1-19(12-21,14-4-5-14)22-18(24)13-2-10-17(11-3-13)27(25,26)23-16-8-6-15(20)7-9-16;/h2-3,6-11,14,23H,4-5,12,21H2,1H3,(H,22,24);1H. The molecule has 0 bridgehead atoms. The van der Waals surface area contributed by atoms with E-state index in [0.717, 1.165) is 12.8 Å². The average Bonchev–Trinajstić information content (AvgIpc) is 3.49. The summed E-state index contributed by atoms with van der Waals surface area (Å²) in [6, 6.07) is 10.6. The lowest BCUT2D eigenvalue weighted by atomic mass is 9.95. The summed E-state index contributed by atoms with van der Waals surface area (Å²) >= 11 is 0. The molecule has 3 rings (SSSR count). The van der Waals surface area contributed by atoms with Crippen molar-refractivity contribution < 1.29 is 17.6 Å². The monoisotopic (exact) mass is 427 g/mol. The van der Waals surface area contributed by atoms with Crippen molar-refractivity contribution in [2.75, 3.05) is 11.3 Å². The lowest BCUT2D eigenvalue weighted by Crippen LogP contribution is -2.53. The predicted octanol–water partition coefficient (Wildman–Crippen LogP) is 2.91. The van der Waals surface area contributed by atoms with Crippen LogP contribution in [0.1, 0.15) is 30.1 Å². The fourth-order valence-corrected chi connectivity index (χ4v) is 3.95. The van der Waals surface area contributed by atoms with E-state index in [0.29, 0.717) is 18.0 Å². The minimum atomic E-state index is -3.84. The van der Waals surface area contributed by atoms with Crippen molar-refractivity contribution in [3.05, 3.63) is 59.9 Å². The van der Waals surface area contributed by atoms with Crippen LogP contribution in [0, 0.1) is 11.7 Å². The third-order valence-corrected chi connectivity index (χ3v) is 6.22. The highest BCUT2D eigenvalue weighted by Crippen LogP contribution is 2.39. The Labute approximate surface area is 170 Å². The first-order valence-electron chi connectivity index (χ1n) is 8.64. The fourth-order valence-electron chi connectivity index (χ4n) is 2.89. The highest BCUT2D eigenvalue weighted by atomic mass is 35.5. The number of hydrogen-bond acceptors (Lipinski definition) is 4. The van der Waals surface area contributed by atoms with Gasteiger partial charge in [-0.25, -0.2) is 12.8 Å². The van der Waals surface area contributed by atoms with Crippen LogP contribution in [0.3, 0.4) is 0 Å². The van der Waals surface area contributed by atoms with Crippen molar-refractivity contribution in [1.29, 1.82) is 0 Å². The Kier molecular flexibility index (Phi) is 6.69. The molecule has 6 nitrogen and oxygen atoms in total. The van der Waals surface area contributed by atoms with Crippen LogP contribution in [-0.2, 0) is 10.0 Å². The van der Waals surface area contributed by atoms with E-state index in [-0.39, 0.29) is 28.9 Å². The first-order valence-corrected chi connectivity index (χ1v) is 10.1. The molecular weight excluding hydrogens is 405 g/mol. The third kappa shape index (κ3) is 5.01. The van der Waals surface area contributed by atoms with Crippen LogP contribution in [0.5, 0.6) is 0 Å². The van der Waals surface area contributed by atoms with Gasteiger partial charge in [-0.2, -0.15) is 0 Å². The summed E-state index contributed by atoms with van der Waals surface area (Å²) in [6.07, 6.45) is 2.08. The number of sulfonamides is 1. The SMILES string of the molecule is CC(CN)(NC(=O)c1ccc(S(=O)(=O)Nc2ccc(F)cc2)cc1)C1CC1.Cl. The number of anilines is 1. The Morgan fingerprint density at radius 3 is 2.21 bits per heavy atom. The van der Waals surface area contributed by atoms with Crippen molar-refractivity contribution in [3.8, 4) is 0 Å². The summed E-state index contributed by atoms with van der Waals surface area (Å²) in [5.41, 5.74) is 5.97. The summed E-state index contributed by atoms with van der Waals surface area (Å²) in [6.45, 7) is 2.27. The fraction of sp³-hybridized carbons (Fsp3) is 0.316. The molecule has 0 radical (unpaired) electrons. The molecule has 28 heavy (non-hydrogen) atoms. The number of rotatable bonds is 7. The average molecular weight is 428 g/mol. The summed E-state index contributed by atoms with van der Waals surface area (Å²) in [7, 11) is -3.84. The molecular formula is C19H23ClFN3O3S. The van der Waals surface area contributed by atoms with E-state index in [1.165, 1.54) is 48.5 Å². The number of hydrogen-bond donors (Lipinski definition) is 3. The van der Waals surface area contributed by atoms with Crippen molar-refractivity contribution in [2.45, 2.75) is 30.2 Å². The topological polar surface area (TPSA) is 101 Å². The molecule has 1 fully saturated rings. The Bertz CT molecular complexity index is 932. The first-order chi connectivity index (χ1) is 12.7. The second-order valence-electron chi connectivity index (χ2n) is 6.99. The summed E-state index contributed by atoms with van der Waals surface area (Å²) in [5, 5.41) is 2.96. The molecule has 1 amide bonds. The van der Waals surface area contributed by atoms with E-state index in [2.05, 4.69) is 10.0 Å². The third-order valence-electron chi connectivity index (χ3n) is 4.82. The number of nitrogens with one attached hydrogen (secondary N) is 2. The van der Waals surface area contributed by atoms with Crippen LogP contribution in [0.2, 0.25) is 0 Å². The van der Waals surface area contributed by atoms with Gasteiger partial charge in [0.25, 0.3) is 15.9 Å². The van der Waals surface area contributed by atoms with Crippen molar-refractivity contribution in [2.24, 2.45) is 11.7 Å². The second kappa shape index (κ2) is 8.46. The minimum Gasteiger partial charge on any atom is -0.345 e. The largest absolute Gasteiger partial charge is 0.345 e. The maximum Gasteiger partial charge on any atom is 0.261 e. The zero-order valence-electron chi connectivity index (χ0n) is 15.3. The normalized spacial score (nSPS) is 15.8. The molecule has 0 aromatic heterocycles. The van der Waals surface area contributed by atoms with Gasteiger partial charge in [-0.05, 0) is 74.2 Å². The quantitative estimate of drug-likeness (QED) is 0.632. The van der Waals surface area contributed by atoms with Gasteiger partial charge >= 0.3 is 0 Å². The molecule has 0 spiro atoms. The van der Waals surface area contributed by atoms with Crippen LogP contribution in [-0.4, -0.2) is 26.4 Å². The zero-order chi connectivity index (χ0) is 19.7. The Morgan fingerprint density at radius 1 is 1.14 bits per heavy atom. The number of carbonyl (C=O) groups is 1. The van der Waals surface area contributed by atoms with E-state index >= 15 is 0 Å². The number of nitrogens with two attached hydrogens (primary N) is 1. The van der Waals surface area contributed by atoms with E-state index in [1.807, 2.05) is 6.92 Å². The van der Waals surface area contributed by atoms with Crippen LogP contribution in [0.15, 0.2) is 53.4 Å². The van der Waals surface area contributed by atoms with Gasteiger partial charge in [-0.1, -0.05) is 0 Å². The highest BCUT2D eigenvalue weighted by Gasteiger charge is 2.41. The second-order valence-corrected chi connectivity index (χ2v) is 8.67. The van der Waals surface area contributed by atoms with Gasteiger partial charge < -0.3 is 11.1 Å². The molecule has 4 N–H and O–H groups in total. The smallest absolute Gasteiger partial charge is 0.261 e. The number of carbonyl (C=O) groups excluding carboxylic acids is 1. The molecule has 9 heteroatoms. The maximum absolute atomic E-state index is 12.9. The number of amides is 1. The highest BCUT2D eigenvalue weighted by molar-refractivity contribution is 7.92. The van der Waals surface area contributed by atoms with Gasteiger partial charge in [0.05, 0.1) is 10.4 Å². The van der Waals surface area contributed by atoms with Crippen molar-refractivity contribution >= 4 is 34.0 Å². The van der Waals surface area contributed by atoms with Gasteiger partial charge in [-0.3, -0.25) is 9.52 Å². The molecule has 0 heterocycles. The Morgan fingerprint density at radius 2 is 1.71 bits per heavy atom. The lowest BCUT2D eigenvalue weighted by molar-refractivity contribution is 0.0897. The van der Waals surface area contributed by atoms with Crippen LogP contribution in [0.4, 0.5) is 10.1 Å². The van der Waals surface area contributed by atoms with Crippen LogP contribution >= 0.6 is 12.4 Å². The molecule has 0 aliphatic heterocycles. The Hall–Kier alpha value is -2.16. The van der Waals surface area contributed by atoms with Gasteiger partial charge in [0, 0.05) is 17.8 Å². The van der Waals surface area contributed by atoms with E-state index in [9.17, 15) is 17.6 Å². The van der Waals surface area contributed by atoms with E-state index in [1.54, 1.807) is 0 Å². The molecule has 0 saturated heterocycles. The molecule has 1 atom stereocenters. The molecule has 1 aliphatic rings. The van der Waals surface area contributed by atoms with Gasteiger partial charge in [-0.15, -0.1) is 12.4 Å². The molecule has 1 aliphatic carbocycles. The van der Waals surface area contributed by atoms with E-state index in [4.69, 9.17) is 5.73 Å². The lowest BCUT2D eigenvalue weighted by Gasteiger charge is -2.29. The first kappa shape index (κ1) is 22.1. The number of benzene rings is 2. The molecule has 1 saturated carbocycles. The summed E-state index contributed by atoms with van der Waals surface area (Å²) < 4.78 is 40.1. The van der Waals surface area contributed by atoms with Crippen molar-refractivity contribution in [1.82, 2.24) is 5.32 Å². The zero-order valence-corrected chi connectivity index (χ0v) is 16.9. The molecule has 152 valence electrons. The Balaban J connectivity index is 0.00000280. The minimum absolute atomic E-state index is 0. The molecule has 2 aromatic rings. The summed E-state index contributed by atoms with van der Waals surface area (Å²) in [5.74, 6) is -0.361. The number of halogens is 2. The predicted molar refractivity (Wildman–Crippen MR) is 109 cm³/mol. The van der Waals surface area contributed by atoms with Crippen LogP contribution < -0.4 is 15.8 Å². The van der Waals surface area contributed by atoms with Crippen molar-refractivity contribution in [3.63, 3.8) is 0 Å². The van der Waals surface area contributed by atoms with E-state index < -0.39 is 21.4 Å². The van der Waals surface area contributed by atoms with Gasteiger partial charge in [0.1, 0.15) is 5.82 Å². The maximum atomic E-state index is 12.9. The van der Waals surface area contributed by atoms with Crippen LogP contribution in [0.25, 0.3) is 0 Å². The summed E-state index contributed by atoms with van der Waals surface area (Å²) in [4.78, 5) is 12.5.